The van der Waals surface area contributed by atoms with Gasteiger partial charge in [-0.15, -0.1) is 0 Å². The number of benzene rings is 1. The summed E-state index contributed by atoms with van der Waals surface area (Å²) < 4.78 is 4.85. The average molecular weight is 245 g/mol. The van der Waals surface area contributed by atoms with E-state index in [9.17, 15) is 9.59 Å². The second kappa shape index (κ2) is 4.83. The topological polar surface area (TPSA) is 76.5 Å². The van der Waals surface area contributed by atoms with Crippen molar-refractivity contribution < 1.29 is 19.4 Å². The van der Waals surface area contributed by atoms with E-state index in [1.54, 1.807) is 30.6 Å². The summed E-state index contributed by atoms with van der Waals surface area (Å²) in [5, 5.41) is 10.7. The zero-order chi connectivity index (χ0) is 13.1. The molecule has 18 heavy (non-hydrogen) atoms. The highest BCUT2D eigenvalue weighted by molar-refractivity contribution is 5.90. The third-order valence-electron chi connectivity index (χ3n) is 2.51. The van der Waals surface area contributed by atoms with Gasteiger partial charge in [-0.05, 0) is 11.5 Å². The number of fused-ring (bicyclic) bond motifs is 1. The predicted molar refractivity (Wildman–Crippen MR) is 63.9 cm³/mol. The summed E-state index contributed by atoms with van der Waals surface area (Å²) in [5.41, 5.74) is 0.442. The zero-order valence-corrected chi connectivity index (χ0v) is 9.66. The zero-order valence-electron chi connectivity index (χ0n) is 9.66. The number of esters is 1. The van der Waals surface area contributed by atoms with Gasteiger partial charge >= 0.3 is 11.9 Å². The first-order chi connectivity index (χ1) is 8.59. The molecule has 0 aliphatic heterocycles. The summed E-state index contributed by atoms with van der Waals surface area (Å²) in [7, 11) is 0. The molecule has 1 unspecified atom stereocenters. The SMILES string of the molecule is CC(=O)OC(C(=O)O)c1cccc2cnccc12. The Hall–Kier alpha value is -2.43. The number of aliphatic carboxylic acids is 1. The van der Waals surface area contributed by atoms with Gasteiger partial charge in [-0.2, -0.15) is 0 Å². The van der Waals surface area contributed by atoms with E-state index in [1.807, 2.05) is 6.07 Å². The minimum absolute atomic E-state index is 0.442. The number of pyridine rings is 1. The number of ether oxygens (including phenoxy) is 1. The fourth-order valence-electron chi connectivity index (χ4n) is 1.79. The van der Waals surface area contributed by atoms with Gasteiger partial charge in [0.15, 0.2) is 0 Å². The number of carboxylic acids is 1. The maximum Gasteiger partial charge on any atom is 0.349 e. The summed E-state index contributed by atoms with van der Waals surface area (Å²) >= 11 is 0. The Morgan fingerprint density at radius 2 is 2.11 bits per heavy atom. The van der Waals surface area contributed by atoms with Crippen LogP contribution in [0.4, 0.5) is 0 Å². The molecular weight excluding hydrogens is 234 g/mol. The first kappa shape index (κ1) is 12.0. The van der Waals surface area contributed by atoms with Gasteiger partial charge in [0.1, 0.15) is 0 Å². The first-order valence-corrected chi connectivity index (χ1v) is 5.32. The van der Waals surface area contributed by atoms with Crippen molar-refractivity contribution >= 4 is 22.7 Å². The molecule has 1 aromatic heterocycles. The van der Waals surface area contributed by atoms with Crippen molar-refractivity contribution in [1.82, 2.24) is 4.98 Å². The van der Waals surface area contributed by atoms with Gasteiger partial charge in [-0.1, -0.05) is 18.2 Å². The van der Waals surface area contributed by atoms with Crippen LogP contribution in [0, 0.1) is 0 Å². The Morgan fingerprint density at radius 1 is 1.33 bits per heavy atom. The van der Waals surface area contributed by atoms with Crippen LogP contribution in [0.5, 0.6) is 0 Å². The van der Waals surface area contributed by atoms with Crippen molar-refractivity contribution in [2.45, 2.75) is 13.0 Å². The summed E-state index contributed by atoms with van der Waals surface area (Å²) in [6.07, 6.45) is 1.90. The Kier molecular flexibility index (Phi) is 3.23. The fraction of sp³-hybridized carbons (Fsp3) is 0.154. The molecule has 1 atom stereocenters. The van der Waals surface area contributed by atoms with Crippen LogP contribution in [0.3, 0.4) is 0 Å². The largest absolute Gasteiger partial charge is 0.478 e. The average Bonchev–Trinajstić information content (AvgIpc) is 2.35. The highest BCUT2D eigenvalue weighted by atomic mass is 16.6. The predicted octanol–water partition coefficient (Wildman–Crippen LogP) is 1.92. The number of aromatic nitrogens is 1. The maximum atomic E-state index is 11.2. The normalized spacial score (nSPS) is 12.1. The van der Waals surface area contributed by atoms with Gasteiger partial charge in [0.05, 0.1) is 0 Å². The second-order valence-electron chi connectivity index (χ2n) is 3.77. The van der Waals surface area contributed by atoms with Crippen molar-refractivity contribution in [3.05, 3.63) is 42.2 Å². The molecule has 1 N–H and O–H groups in total. The molecule has 0 spiro atoms. The van der Waals surface area contributed by atoms with Crippen molar-refractivity contribution in [3.8, 4) is 0 Å². The van der Waals surface area contributed by atoms with E-state index in [2.05, 4.69) is 4.98 Å². The Labute approximate surface area is 103 Å². The van der Waals surface area contributed by atoms with Crippen LogP contribution >= 0.6 is 0 Å². The van der Waals surface area contributed by atoms with Gasteiger partial charge in [0, 0.05) is 30.3 Å². The van der Waals surface area contributed by atoms with E-state index < -0.39 is 18.0 Å². The van der Waals surface area contributed by atoms with Gasteiger partial charge in [0.2, 0.25) is 6.10 Å². The summed E-state index contributed by atoms with van der Waals surface area (Å²) in [6, 6.07) is 6.85. The third kappa shape index (κ3) is 2.29. The lowest BCUT2D eigenvalue weighted by Gasteiger charge is -2.14. The molecule has 92 valence electrons. The van der Waals surface area contributed by atoms with Gasteiger partial charge in [-0.3, -0.25) is 9.78 Å². The van der Waals surface area contributed by atoms with Crippen LogP contribution in [0.2, 0.25) is 0 Å². The van der Waals surface area contributed by atoms with Gasteiger partial charge in [0.25, 0.3) is 0 Å². The minimum atomic E-state index is -1.30. The molecule has 0 aliphatic carbocycles. The molecular formula is C13H11NO4. The van der Waals surface area contributed by atoms with Crippen LogP contribution in [-0.2, 0) is 14.3 Å². The van der Waals surface area contributed by atoms with Crippen LogP contribution in [0.15, 0.2) is 36.7 Å². The van der Waals surface area contributed by atoms with Crippen LogP contribution in [0.25, 0.3) is 10.8 Å². The minimum Gasteiger partial charge on any atom is -0.478 e. The Bertz CT molecular complexity index is 603. The maximum absolute atomic E-state index is 11.2. The fourth-order valence-corrected chi connectivity index (χ4v) is 1.79. The van der Waals surface area contributed by atoms with Gasteiger partial charge < -0.3 is 9.84 Å². The molecule has 0 radical (unpaired) electrons. The lowest BCUT2D eigenvalue weighted by atomic mass is 10.0. The molecule has 2 rings (SSSR count). The molecule has 0 amide bonds. The standard InChI is InChI=1S/C13H11NO4/c1-8(15)18-12(13(16)17)11-4-2-3-9-7-14-6-5-10(9)11/h2-7,12H,1H3,(H,16,17). The molecule has 5 heteroatoms. The Morgan fingerprint density at radius 3 is 2.78 bits per heavy atom. The Balaban J connectivity index is 2.57. The number of nitrogens with zero attached hydrogens (tertiary/aromatic N) is 1. The number of hydrogen-bond acceptors (Lipinski definition) is 4. The van der Waals surface area contributed by atoms with Crippen molar-refractivity contribution in [2.75, 3.05) is 0 Å². The molecule has 0 saturated carbocycles. The van der Waals surface area contributed by atoms with Crippen LogP contribution in [0.1, 0.15) is 18.6 Å². The molecule has 1 aromatic carbocycles. The molecule has 0 saturated heterocycles. The van der Waals surface area contributed by atoms with Crippen molar-refractivity contribution in [3.63, 3.8) is 0 Å². The van der Waals surface area contributed by atoms with E-state index in [-0.39, 0.29) is 0 Å². The highest BCUT2D eigenvalue weighted by Crippen LogP contribution is 2.26. The van der Waals surface area contributed by atoms with Crippen molar-refractivity contribution in [1.29, 1.82) is 0 Å². The lowest BCUT2D eigenvalue weighted by Crippen LogP contribution is -2.18. The van der Waals surface area contributed by atoms with E-state index in [4.69, 9.17) is 9.84 Å². The van der Waals surface area contributed by atoms with Crippen molar-refractivity contribution in [2.24, 2.45) is 0 Å². The summed E-state index contributed by atoms with van der Waals surface area (Å²) in [6.45, 7) is 1.18. The monoisotopic (exact) mass is 245 g/mol. The smallest absolute Gasteiger partial charge is 0.349 e. The number of rotatable bonds is 3. The number of carbonyl (C=O) groups excluding carboxylic acids is 1. The molecule has 1 heterocycles. The van der Waals surface area contributed by atoms with Crippen LogP contribution < -0.4 is 0 Å². The number of carbonyl (C=O) groups is 2. The molecule has 2 aromatic rings. The van der Waals surface area contributed by atoms with E-state index in [1.165, 1.54) is 6.92 Å². The summed E-state index contributed by atoms with van der Waals surface area (Å²) in [4.78, 5) is 26.1. The third-order valence-corrected chi connectivity index (χ3v) is 2.51. The quantitative estimate of drug-likeness (QED) is 0.836. The molecule has 5 nitrogen and oxygen atoms in total. The van der Waals surface area contributed by atoms with E-state index in [0.29, 0.717) is 10.9 Å². The first-order valence-electron chi connectivity index (χ1n) is 5.32. The second-order valence-corrected chi connectivity index (χ2v) is 3.77. The van der Waals surface area contributed by atoms with Crippen LogP contribution in [-0.4, -0.2) is 22.0 Å². The van der Waals surface area contributed by atoms with E-state index in [0.717, 1.165) is 5.39 Å². The van der Waals surface area contributed by atoms with E-state index >= 15 is 0 Å². The molecule has 0 fully saturated rings. The molecule has 0 aliphatic rings. The number of hydrogen-bond donors (Lipinski definition) is 1. The molecule has 0 bridgehead atoms. The van der Waals surface area contributed by atoms with Gasteiger partial charge in [-0.25, -0.2) is 4.79 Å². The lowest BCUT2D eigenvalue weighted by molar-refractivity contribution is -0.163. The summed E-state index contributed by atoms with van der Waals surface area (Å²) in [5.74, 6) is -1.83. The highest BCUT2D eigenvalue weighted by Gasteiger charge is 2.24. The number of carboxylic acid groups (broad SMARTS) is 1.